The molecule has 0 aromatic heterocycles. The van der Waals surface area contributed by atoms with Crippen molar-refractivity contribution in [3.63, 3.8) is 0 Å². The third-order valence-corrected chi connectivity index (χ3v) is 7.61. The Morgan fingerprint density at radius 3 is 2.18 bits per heavy atom. The van der Waals surface area contributed by atoms with E-state index in [1.807, 2.05) is 30.3 Å². The van der Waals surface area contributed by atoms with Gasteiger partial charge in [-0.05, 0) is 74.0 Å². The van der Waals surface area contributed by atoms with Gasteiger partial charge in [0.25, 0.3) is 5.69 Å². The fourth-order valence-electron chi connectivity index (χ4n) is 6.64. The third kappa shape index (κ3) is 4.97. The van der Waals surface area contributed by atoms with Gasteiger partial charge in [-0.2, -0.15) is 0 Å². The first-order valence-electron chi connectivity index (χ1n) is 12.0. The zero-order valence-electron chi connectivity index (χ0n) is 18.7. The second-order valence-corrected chi connectivity index (χ2v) is 10.1. The highest BCUT2D eigenvalue weighted by atomic mass is 16.6. The number of carbonyl (C=O) groups is 1. The monoisotopic (exact) mass is 449 g/mol. The molecule has 0 spiro atoms. The second-order valence-electron chi connectivity index (χ2n) is 10.1. The Morgan fingerprint density at radius 2 is 1.61 bits per heavy atom. The molecule has 0 heterocycles. The molecule has 33 heavy (non-hydrogen) atoms. The van der Waals surface area contributed by atoms with Gasteiger partial charge in [-0.1, -0.05) is 30.3 Å². The summed E-state index contributed by atoms with van der Waals surface area (Å²) in [7, 11) is 0. The van der Waals surface area contributed by atoms with Gasteiger partial charge in [0.05, 0.1) is 4.92 Å². The molecule has 7 nitrogen and oxygen atoms in total. The van der Waals surface area contributed by atoms with E-state index in [1.54, 1.807) is 12.1 Å². The van der Waals surface area contributed by atoms with E-state index in [2.05, 4.69) is 10.6 Å². The van der Waals surface area contributed by atoms with Gasteiger partial charge in [0, 0.05) is 30.6 Å². The summed E-state index contributed by atoms with van der Waals surface area (Å²) in [5, 5.41) is 17.3. The van der Waals surface area contributed by atoms with Gasteiger partial charge in [0.1, 0.15) is 11.9 Å². The van der Waals surface area contributed by atoms with E-state index in [4.69, 9.17) is 4.74 Å². The molecule has 2 aromatic rings. The third-order valence-electron chi connectivity index (χ3n) is 7.61. The van der Waals surface area contributed by atoms with Crippen molar-refractivity contribution >= 4 is 11.7 Å². The van der Waals surface area contributed by atoms with Crippen molar-refractivity contribution in [3.8, 4) is 5.75 Å². The van der Waals surface area contributed by atoms with Crippen molar-refractivity contribution in [2.75, 3.05) is 6.54 Å². The van der Waals surface area contributed by atoms with Crippen LogP contribution in [0.3, 0.4) is 0 Å². The molecule has 4 bridgehead atoms. The molecule has 2 amide bonds. The molecule has 4 aliphatic rings. The SMILES string of the molecule is O=C(NCCC(Oc1ccc([N+](=O)[O-])cc1)c1ccccc1)NC12CC3CC(CC(C3)C1)C2. The van der Waals surface area contributed by atoms with Crippen LogP contribution in [0.15, 0.2) is 54.6 Å². The Kier molecular flexibility index (Phi) is 5.96. The number of nitrogens with one attached hydrogen (secondary N) is 2. The zero-order valence-corrected chi connectivity index (χ0v) is 18.7. The van der Waals surface area contributed by atoms with Crippen LogP contribution in [-0.4, -0.2) is 23.0 Å². The Bertz CT molecular complexity index is 957. The first kappa shape index (κ1) is 21.7. The number of nitro groups is 1. The molecule has 7 heteroatoms. The van der Waals surface area contributed by atoms with Crippen LogP contribution in [0.5, 0.6) is 5.75 Å². The first-order chi connectivity index (χ1) is 16.0. The number of ether oxygens (including phenoxy) is 1. The summed E-state index contributed by atoms with van der Waals surface area (Å²) in [6.07, 6.45) is 7.75. The van der Waals surface area contributed by atoms with Gasteiger partial charge in [-0.15, -0.1) is 0 Å². The minimum atomic E-state index is -0.426. The number of amides is 2. The lowest BCUT2D eigenvalue weighted by Crippen LogP contribution is -2.61. The van der Waals surface area contributed by atoms with Crippen LogP contribution in [0, 0.1) is 27.9 Å². The van der Waals surface area contributed by atoms with E-state index in [-0.39, 0.29) is 23.4 Å². The maximum absolute atomic E-state index is 12.8. The average molecular weight is 450 g/mol. The highest BCUT2D eigenvalue weighted by Gasteiger charge is 2.51. The summed E-state index contributed by atoms with van der Waals surface area (Å²) >= 11 is 0. The van der Waals surface area contributed by atoms with Crippen LogP contribution < -0.4 is 15.4 Å². The number of nitrogens with zero attached hydrogens (tertiary/aromatic N) is 1. The van der Waals surface area contributed by atoms with Gasteiger partial charge in [0.15, 0.2) is 0 Å². The van der Waals surface area contributed by atoms with E-state index < -0.39 is 4.92 Å². The van der Waals surface area contributed by atoms with Crippen LogP contribution in [-0.2, 0) is 0 Å². The van der Waals surface area contributed by atoms with Gasteiger partial charge in [-0.25, -0.2) is 4.79 Å². The van der Waals surface area contributed by atoms with Crippen LogP contribution in [0.4, 0.5) is 10.5 Å². The van der Waals surface area contributed by atoms with Gasteiger partial charge in [-0.3, -0.25) is 10.1 Å². The van der Waals surface area contributed by atoms with Gasteiger partial charge in [0.2, 0.25) is 0 Å². The number of hydrogen-bond acceptors (Lipinski definition) is 4. The average Bonchev–Trinajstić information content (AvgIpc) is 2.78. The van der Waals surface area contributed by atoms with Crippen molar-refractivity contribution in [3.05, 3.63) is 70.3 Å². The largest absolute Gasteiger partial charge is 0.486 e. The number of urea groups is 1. The summed E-state index contributed by atoms with van der Waals surface area (Å²) in [6.45, 7) is 0.477. The summed E-state index contributed by atoms with van der Waals surface area (Å²) < 4.78 is 6.16. The Morgan fingerprint density at radius 1 is 1.00 bits per heavy atom. The fraction of sp³-hybridized carbons (Fsp3) is 0.500. The lowest BCUT2D eigenvalue weighted by molar-refractivity contribution is -0.384. The molecule has 1 atom stereocenters. The number of hydrogen-bond donors (Lipinski definition) is 2. The first-order valence-corrected chi connectivity index (χ1v) is 12.0. The van der Waals surface area contributed by atoms with Gasteiger partial charge >= 0.3 is 6.03 Å². The summed E-state index contributed by atoms with van der Waals surface area (Å²) in [5.74, 6) is 2.92. The summed E-state index contributed by atoms with van der Waals surface area (Å²) in [5.41, 5.74) is 1.02. The molecule has 0 saturated heterocycles. The standard InChI is InChI=1S/C26H31N3O4/c30-25(28-26-15-18-12-19(16-26)14-20(13-18)17-26)27-11-10-24(21-4-2-1-3-5-21)33-23-8-6-22(7-9-23)29(31)32/h1-9,18-20,24H,10-17H2,(H2,27,28,30). The predicted octanol–water partition coefficient (Wildman–Crippen LogP) is 5.37. The smallest absolute Gasteiger partial charge is 0.315 e. The molecule has 4 saturated carbocycles. The van der Waals surface area contributed by atoms with Crippen LogP contribution in [0.25, 0.3) is 0 Å². The fourth-order valence-corrected chi connectivity index (χ4v) is 6.64. The number of rotatable bonds is 8. The molecule has 174 valence electrons. The van der Waals surface area contributed by atoms with E-state index in [0.717, 1.165) is 42.6 Å². The second kappa shape index (κ2) is 9.04. The van der Waals surface area contributed by atoms with E-state index in [9.17, 15) is 14.9 Å². The molecule has 0 aliphatic heterocycles. The van der Waals surface area contributed by atoms with Crippen molar-refractivity contribution in [1.29, 1.82) is 0 Å². The van der Waals surface area contributed by atoms with Crippen molar-refractivity contribution in [2.45, 2.75) is 56.6 Å². The number of benzene rings is 2. The molecule has 2 aromatic carbocycles. The molecule has 1 unspecified atom stereocenters. The van der Waals surface area contributed by atoms with E-state index in [1.165, 1.54) is 31.4 Å². The number of carbonyl (C=O) groups excluding carboxylic acids is 1. The highest BCUT2D eigenvalue weighted by molar-refractivity contribution is 5.74. The predicted molar refractivity (Wildman–Crippen MR) is 125 cm³/mol. The number of nitro benzene ring substituents is 1. The molecule has 0 radical (unpaired) electrons. The molecular weight excluding hydrogens is 418 g/mol. The Labute approximate surface area is 194 Å². The van der Waals surface area contributed by atoms with Crippen molar-refractivity contribution < 1.29 is 14.5 Å². The maximum atomic E-state index is 12.8. The van der Waals surface area contributed by atoms with Crippen LogP contribution >= 0.6 is 0 Å². The molecular formula is C26H31N3O4. The van der Waals surface area contributed by atoms with E-state index >= 15 is 0 Å². The molecule has 2 N–H and O–H groups in total. The minimum absolute atomic E-state index is 0.00702. The quantitative estimate of drug-likeness (QED) is 0.418. The number of non-ortho nitro benzene ring substituents is 1. The molecule has 6 rings (SSSR count). The van der Waals surface area contributed by atoms with E-state index in [0.29, 0.717) is 18.7 Å². The topological polar surface area (TPSA) is 93.5 Å². The Balaban J connectivity index is 1.18. The van der Waals surface area contributed by atoms with Crippen molar-refractivity contribution in [2.24, 2.45) is 17.8 Å². The molecule has 4 aliphatic carbocycles. The van der Waals surface area contributed by atoms with Gasteiger partial charge < -0.3 is 15.4 Å². The van der Waals surface area contributed by atoms with Crippen LogP contribution in [0.2, 0.25) is 0 Å². The van der Waals surface area contributed by atoms with Crippen molar-refractivity contribution in [1.82, 2.24) is 10.6 Å². The normalized spacial score (nSPS) is 28.2. The maximum Gasteiger partial charge on any atom is 0.315 e. The zero-order chi connectivity index (χ0) is 22.8. The summed E-state index contributed by atoms with van der Waals surface area (Å²) in [6, 6.07) is 15.9. The lowest BCUT2D eigenvalue weighted by Gasteiger charge is -2.56. The Hall–Kier alpha value is -3.09. The summed E-state index contributed by atoms with van der Waals surface area (Å²) in [4.78, 5) is 23.3. The van der Waals surface area contributed by atoms with Crippen LogP contribution in [0.1, 0.15) is 56.6 Å². The highest BCUT2D eigenvalue weighted by Crippen LogP contribution is 2.55. The minimum Gasteiger partial charge on any atom is -0.486 e. The lowest BCUT2D eigenvalue weighted by atomic mass is 9.53. The molecule has 4 fully saturated rings.